The summed E-state index contributed by atoms with van der Waals surface area (Å²) in [6.07, 6.45) is 3.90. The lowest BCUT2D eigenvalue weighted by atomic mass is 10.4. The Labute approximate surface area is 63.9 Å². The molecule has 0 saturated carbocycles. The average Bonchev–Trinajstić information content (AvgIpc) is 2.18. The monoisotopic (exact) mass is 157 g/mol. The van der Waals surface area contributed by atoms with Crippen molar-refractivity contribution >= 4 is 30.0 Å². The molecule has 9 heavy (non-hydrogen) atoms. The Kier molecular flexibility index (Phi) is 2.30. The molecule has 0 unspecified atom stereocenters. The highest BCUT2D eigenvalue weighted by Gasteiger charge is 1.94. The van der Waals surface area contributed by atoms with E-state index in [1.165, 1.54) is 0 Å². The van der Waals surface area contributed by atoms with Crippen molar-refractivity contribution in [3.8, 4) is 0 Å². The van der Waals surface area contributed by atoms with Gasteiger partial charge in [-0.2, -0.15) is 0 Å². The Bertz CT molecular complexity index is 215. The van der Waals surface area contributed by atoms with Crippen molar-refractivity contribution in [2.75, 3.05) is 0 Å². The first-order valence-electron chi connectivity index (χ1n) is 2.59. The van der Waals surface area contributed by atoms with Crippen LogP contribution in [-0.4, -0.2) is 4.98 Å². The van der Waals surface area contributed by atoms with Crippen molar-refractivity contribution in [1.29, 1.82) is 0 Å². The number of nitrogens with zero attached hydrogens (tertiary/aromatic N) is 1. The van der Waals surface area contributed by atoms with Crippen LogP contribution in [0, 0.1) is 0 Å². The second-order valence-corrected chi connectivity index (χ2v) is 3.15. The van der Waals surface area contributed by atoms with Gasteiger partial charge in [0.05, 0.1) is 15.4 Å². The van der Waals surface area contributed by atoms with Gasteiger partial charge in [0.25, 0.3) is 0 Å². The standard InChI is InChI=1S/C6H7NS2/c1-2-3-5-6(8)9-4-7-5/h2-4,8H,1H3/b3-2+. The molecule has 1 nitrogen and oxygen atoms in total. The van der Waals surface area contributed by atoms with Crippen LogP contribution in [0.15, 0.2) is 15.8 Å². The minimum Gasteiger partial charge on any atom is -0.244 e. The lowest BCUT2D eigenvalue weighted by molar-refractivity contribution is 1.33. The van der Waals surface area contributed by atoms with E-state index in [9.17, 15) is 0 Å². The molecule has 1 aromatic rings. The molecule has 1 aromatic heterocycles. The van der Waals surface area contributed by atoms with E-state index in [0.29, 0.717) is 0 Å². The normalized spacial score (nSPS) is 10.9. The van der Waals surface area contributed by atoms with Gasteiger partial charge in [0.1, 0.15) is 0 Å². The second kappa shape index (κ2) is 3.03. The van der Waals surface area contributed by atoms with Crippen molar-refractivity contribution in [1.82, 2.24) is 4.98 Å². The van der Waals surface area contributed by atoms with E-state index in [1.807, 2.05) is 19.1 Å². The van der Waals surface area contributed by atoms with Crippen LogP contribution in [0.2, 0.25) is 0 Å². The molecular weight excluding hydrogens is 150 g/mol. The maximum absolute atomic E-state index is 4.19. The molecule has 0 fully saturated rings. The number of hydrogen-bond acceptors (Lipinski definition) is 3. The maximum atomic E-state index is 4.19. The van der Waals surface area contributed by atoms with Gasteiger partial charge in [0.2, 0.25) is 0 Å². The first-order chi connectivity index (χ1) is 4.34. The van der Waals surface area contributed by atoms with Gasteiger partial charge >= 0.3 is 0 Å². The molecule has 3 heteroatoms. The smallest absolute Gasteiger partial charge is 0.0870 e. The van der Waals surface area contributed by atoms with E-state index in [0.717, 1.165) is 9.90 Å². The largest absolute Gasteiger partial charge is 0.244 e. The van der Waals surface area contributed by atoms with Gasteiger partial charge in [-0.05, 0) is 13.0 Å². The van der Waals surface area contributed by atoms with E-state index in [2.05, 4.69) is 17.6 Å². The summed E-state index contributed by atoms with van der Waals surface area (Å²) < 4.78 is 0.980. The molecule has 0 aromatic carbocycles. The summed E-state index contributed by atoms with van der Waals surface area (Å²) in [4.78, 5) is 4.06. The lowest BCUT2D eigenvalue weighted by Gasteiger charge is -1.81. The number of thiol groups is 1. The zero-order valence-corrected chi connectivity index (χ0v) is 6.75. The zero-order chi connectivity index (χ0) is 6.69. The van der Waals surface area contributed by atoms with Crippen LogP contribution in [0.5, 0.6) is 0 Å². The minimum atomic E-state index is 0.964. The van der Waals surface area contributed by atoms with Crippen LogP contribution in [-0.2, 0) is 0 Å². The minimum absolute atomic E-state index is 0.964. The molecule has 0 aliphatic rings. The molecule has 0 amide bonds. The molecule has 0 aliphatic heterocycles. The van der Waals surface area contributed by atoms with E-state index in [-0.39, 0.29) is 0 Å². The van der Waals surface area contributed by atoms with Gasteiger partial charge in [0.15, 0.2) is 0 Å². The van der Waals surface area contributed by atoms with E-state index in [4.69, 9.17) is 0 Å². The Morgan fingerprint density at radius 3 is 3.00 bits per heavy atom. The van der Waals surface area contributed by atoms with Crippen LogP contribution in [0.25, 0.3) is 6.08 Å². The van der Waals surface area contributed by atoms with Crippen LogP contribution >= 0.6 is 24.0 Å². The van der Waals surface area contributed by atoms with Crippen molar-refractivity contribution in [3.05, 3.63) is 17.3 Å². The lowest BCUT2D eigenvalue weighted by Crippen LogP contribution is -1.67. The molecule has 0 aliphatic carbocycles. The third-order valence-corrected chi connectivity index (χ3v) is 2.09. The predicted octanol–water partition coefficient (Wildman–Crippen LogP) is 2.46. The molecule has 0 spiro atoms. The molecule has 0 radical (unpaired) electrons. The number of rotatable bonds is 1. The predicted molar refractivity (Wildman–Crippen MR) is 44.1 cm³/mol. The Morgan fingerprint density at radius 1 is 1.78 bits per heavy atom. The van der Waals surface area contributed by atoms with Crippen LogP contribution in [0.1, 0.15) is 12.6 Å². The topological polar surface area (TPSA) is 12.9 Å². The fourth-order valence-corrected chi connectivity index (χ4v) is 1.30. The summed E-state index contributed by atoms with van der Waals surface area (Å²) in [5.41, 5.74) is 2.75. The molecule has 0 bridgehead atoms. The molecule has 1 rings (SSSR count). The van der Waals surface area contributed by atoms with Gasteiger partial charge in [-0.15, -0.1) is 24.0 Å². The molecule has 0 atom stereocenters. The van der Waals surface area contributed by atoms with E-state index >= 15 is 0 Å². The molecule has 48 valence electrons. The van der Waals surface area contributed by atoms with Gasteiger partial charge in [0, 0.05) is 0 Å². The summed E-state index contributed by atoms with van der Waals surface area (Å²) in [5.74, 6) is 0. The van der Waals surface area contributed by atoms with Crippen molar-refractivity contribution in [2.24, 2.45) is 0 Å². The van der Waals surface area contributed by atoms with E-state index < -0.39 is 0 Å². The third-order valence-electron chi connectivity index (χ3n) is 0.900. The molecular formula is C6H7NS2. The quantitative estimate of drug-likeness (QED) is 0.618. The van der Waals surface area contributed by atoms with Crippen LogP contribution in [0.4, 0.5) is 0 Å². The molecule has 0 saturated heterocycles. The number of aromatic nitrogens is 1. The maximum Gasteiger partial charge on any atom is 0.0870 e. The Balaban J connectivity index is 2.94. The fraction of sp³-hybridized carbons (Fsp3) is 0.167. The first-order valence-corrected chi connectivity index (χ1v) is 3.92. The van der Waals surface area contributed by atoms with Crippen molar-refractivity contribution in [3.63, 3.8) is 0 Å². The summed E-state index contributed by atoms with van der Waals surface area (Å²) in [6, 6.07) is 0. The summed E-state index contributed by atoms with van der Waals surface area (Å²) >= 11 is 5.73. The summed E-state index contributed by atoms with van der Waals surface area (Å²) in [5, 5.41) is 0. The van der Waals surface area contributed by atoms with Gasteiger partial charge in [-0.25, -0.2) is 4.98 Å². The van der Waals surface area contributed by atoms with Crippen molar-refractivity contribution in [2.45, 2.75) is 11.1 Å². The van der Waals surface area contributed by atoms with Gasteiger partial charge in [-0.1, -0.05) is 6.08 Å². The fourth-order valence-electron chi connectivity index (χ4n) is 0.521. The third kappa shape index (κ3) is 1.56. The Morgan fingerprint density at radius 2 is 2.56 bits per heavy atom. The number of thiazole rings is 1. The van der Waals surface area contributed by atoms with Gasteiger partial charge in [-0.3, -0.25) is 0 Å². The first kappa shape index (κ1) is 6.83. The molecule has 1 heterocycles. The van der Waals surface area contributed by atoms with Crippen molar-refractivity contribution < 1.29 is 0 Å². The highest BCUT2D eigenvalue weighted by Crippen LogP contribution is 2.18. The zero-order valence-electron chi connectivity index (χ0n) is 5.03. The highest BCUT2D eigenvalue weighted by molar-refractivity contribution is 7.82. The van der Waals surface area contributed by atoms with Crippen LogP contribution in [0.3, 0.4) is 0 Å². The SMILES string of the molecule is C/C=C/c1ncsc1S. The van der Waals surface area contributed by atoms with Crippen LogP contribution < -0.4 is 0 Å². The summed E-state index contributed by atoms with van der Waals surface area (Å²) in [7, 11) is 0. The number of allylic oxidation sites excluding steroid dienone is 1. The Hall–Kier alpha value is -0.280. The van der Waals surface area contributed by atoms with Gasteiger partial charge < -0.3 is 0 Å². The van der Waals surface area contributed by atoms with E-state index in [1.54, 1.807) is 16.8 Å². The molecule has 0 N–H and O–H groups in total. The average molecular weight is 157 g/mol. The summed E-state index contributed by atoms with van der Waals surface area (Å²) in [6.45, 7) is 1.96. The highest BCUT2D eigenvalue weighted by atomic mass is 32.2. The number of hydrogen-bond donors (Lipinski definition) is 1. The second-order valence-electron chi connectivity index (χ2n) is 1.54.